The first-order valence-electron chi connectivity index (χ1n) is 13.3. The van der Waals surface area contributed by atoms with Crippen molar-refractivity contribution in [3.63, 3.8) is 0 Å². The average Bonchev–Trinajstić information content (AvgIpc) is 2.90. The summed E-state index contributed by atoms with van der Waals surface area (Å²) in [4.78, 5) is 42.0. The van der Waals surface area contributed by atoms with Crippen LogP contribution in [0.5, 0.6) is 0 Å². The number of benzene rings is 3. The summed E-state index contributed by atoms with van der Waals surface area (Å²) < 4.78 is 5.44. The molecule has 3 amide bonds. The SMILES string of the molecule is CCc1ccc(C(C(=O)Nc2c(C)cccc2Cl)N(C)C(=O)C(Cc2ccccc2)NC(=O)OC(C)(C)C)cc1. The summed E-state index contributed by atoms with van der Waals surface area (Å²) in [5.74, 6) is -0.864. The minimum absolute atomic E-state index is 0.218. The molecule has 0 aromatic heterocycles. The first kappa shape index (κ1) is 30.7. The van der Waals surface area contributed by atoms with Gasteiger partial charge in [-0.25, -0.2) is 4.79 Å². The van der Waals surface area contributed by atoms with Gasteiger partial charge >= 0.3 is 6.09 Å². The van der Waals surface area contributed by atoms with E-state index >= 15 is 0 Å². The first-order chi connectivity index (χ1) is 18.9. The van der Waals surface area contributed by atoms with Gasteiger partial charge in [0.25, 0.3) is 5.91 Å². The molecule has 3 aromatic carbocycles. The summed E-state index contributed by atoms with van der Waals surface area (Å²) >= 11 is 6.40. The zero-order valence-electron chi connectivity index (χ0n) is 24.0. The zero-order chi connectivity index (χ0) is 29.4. The van der Waals surface area contributed by atoms with Crippen LogP contribution in [0, 0.1) is 6.92 Å². The van der Waals surface area contributed by atoms with Crippen molar-refractivity contribution in [2.24, 2.45) is 0 Å². The number of carbonyl (C=O) groups is 3. The van der Waals surface area contributed by atoms with Gasteiger partial charge in [-0.1, -0.05) is 85.3 Å². The maximum absolute atomic E-state index is 14.0. The van der Waals surface area contributed by atoms with E-state index in [1.807, 2.05) is 74.5 Å². The first-order valence-corrected chi connectivity index (χ1v) is 13.7. The van der Waals surface area contributed by atoms with Gasteiger partial charge < -0.3 is 20.3 Å². The molecule has 0 saturated carbocycles. The van der Waals surface area contributed by atoms with E-state index in [9.17, 15) is 14.4 Å². The summed E-state index contributed by atoms with van der Waals surface area (Å²) in [5, 5.41) is 6.05. The smallest absolute Gasteiger partial charge is 0.408 e. The molecule has 0 saturated heterocycles. The molecule has 8 heteroatoms. The summed E-state index contributed by atoms with van der Waals surface area (Å²) in [7, 11) is 1.56. The Bertz CT molecular complexity index is 1300. The van der Waals surface area contributed by atoms with Crippen molar-refractivity contribution < 1.29 is 19.1 Å². The van der Waals surface area contributed by atoms with Crippen molar-refractivity contribution in [2.45, 2.75) is 65.1 Å². The van der Waals surface area contributed by atoms with Gasteiger partial charge in [0.15, 0.2) is 0 Å². The highest BCUT2D eigenvalue weighted by Crippen LogP contribution is 2.29. The van der Waals surface area contributed by atoms with Crippen LogP contribution in [0.3, 0.4) is 0 Å². The van der Waals surface area contributed by atoms with Crippen LogP contribution in [0.1, 0.15) is 56.0 Å². The number of aryl methyl sites for hydroxylation is 2. The quantitative estimate of drug-likeness (QED) is 0.312. The molecule has 0 radical (unpaired) electrons. The number of halogens is 1. The van der Waals surface area contributed by atoms with Crippen LogP contribution in [0.2, 0.25) is 5.02 Å². The van der Waals surface area contributed by atoms with E-state index in [-0.39, 0.29) is 6.42 Å². The second kappa shape index (κ2) is 13.5. The Balaban J connectivity index is 1.98. The van der Waals surface area contributed by atoms with Gasteiger partial charge in [0, 0.05) is 13.5 Å². The fourth-order valence-electron chi connectivity index (χ4n) is 4.34. The second-order valence-electron chi connectivity index (χ2n) is 10.8. The molecule has 0 aliphatic rings. The fraction of sp³-hybridized carbons (Fsp3) is 0.344. The van der Waals surface area contributed by atoms with E-state index in [0.717, 1.165) is 23.1 Å². The Hall–Kier alpha value is -3.84. The van der Waals surface area contributed by atoms with Crippen LogP contribution < -0.4 is 10.6 Å². The highest BCUT2D eigenvalue weighted by atomic mass is 35.5. The number of para-hydroxylation sites is 1. The number of ether oxygens (including phenoxy) is 1. The van der Waals surface area contributed by atoms with Gasteiger partial charge in [0.1, 0.15) is 17.7 Å². The van der Waals surface area contributed by atoms with Gasteiger partial charge in [0.05, 0.1) is 10.7 Å². The Labute approximate surface area is 241 Å². The lowest BCUT2D eigenvalue weighted by atomic mass is 9.99. The summed E-state index contributed by atoms with van der Waals surface area (Å²) in [6, 6.07) is 20.3. The predicted octanol–water partition coefficient (Wildman–Crippen LogP) is 6.49. The number of carbonyl (C=O) groups excluding carboxylic acids is 3. The topological polar surface area (TPSA) is 87.7 Å². The molecule has 0 spiro atoms. The minimum atomic E-state index is -0.993. The van der Waals surface area contributed by atoms with E-state index < -0.39 is 35.6 Å². The summed E-state index contributed by atoms with van der Waals surface area (Å²) in [6.45, 7) is 9.16. The largest absolute Gasteiger partial charge is 0.444 e. The number of nitrogens with zero attached hydrogens (tertiary/aromatic N) is 1. The number of hydrogen-bond donors (Lipinski definition) is 2. The van der Waals surface area contributed by atoms with Crippen molar-refractivity contribution in [1.82, 2.24) is 10.2 Å². The van der Waals surface area contributed by atoms with E-state index in [2.05, 4.69) is 10.6 Å². The molecule has 0 heterocycles. The van der Waals surface area contributed by atoms with Crippen molar-refractivity contribution >= 4 is 35.2 Å². The number of rotatable bonds is 9. The van der Waals surface area contributed by atoms with Crippen LogP contribution >= 0.6 is 11.6 Å². The highest BCUT2D eigenvalue weighted by molar-refractivity contribution is 6.34. The predicted molar refractivity (Wildman–Crippen MR) is 159 cm³/mol. The lowest BCUT2D eigenvalue weighted by Crippen LogP contribution is -2.52. The number of nitrogens with one attached hydrogen (secondary N) is 2. The molecule has 2 N–H and O–H groups in total. The zero-order valence-corrected chi connectivity index (χ0v) is 24.7. The standard InChI is InChI=1S/C32H38ClN3O4/c1-7-22-16-18-24(19-17-22)28(29(37)35-27-21(2)12-11-15-25(27)33)36(6)30(38)26(20-23-13-9-8-10-14-23)34-31(39)40-32(3,4)5/h8-19,26,28H,7,20H2,1-6H3,(H,34,39)(H,35,37). The molecule has 2 unspecified atom stereocenters. The summed E-state index contributed by atoms with van der Waals surface area (Å²) in [5.41, 5.74) is 3.12. The average molecular weight is 564 g/mol. The van der Waals surface area contributed by atoms with Gasteiger partial charge in [0.2, 0.25) is 5.91 Å². The number of likely N-dealkylation sites (N-methyl/N-ethyl adjacent to an activating group) is 1. The lowest BCUT2D eigenvalue weighted by Gasteiger charge is -2.32. The second-order valence-corrected chi connectivity index (χ2v) is 11.2. The molecule has 212 valence electrons. The molecule has 3 rings (SSSR count). The third kappa shape index (κ3) is 8.33. The number of anilines is 1. The van der Waals surface area contributed by atoms with Crippen LogP contribution in [0.4, 0.5) is 10.5 Å². The van der Waals surface area contributed by atoms with E-state index in [1.54, 1.807) is 40.0 Å². The number of alkyl carbamates (subject to hydrolysis) is 1. The molecule has 0 bridgehead atoms. The van der Waals surface area contributed by atoms with Crippen LogP contribution in [0.15, 0.2) is 72.8 Å². The molecule has 7 nitrogen and oxygen atoms in total. The van der Waals surface area contributed by atoms with E-state index in [4.69, 9.17) is 16.3 Å². The Morgan fingerprint density at radius 1 is 0.925 bits per heavy atom. The third-order valence-corrected chi connectivity index (χ3v) is 6.74. The Morgan fingerprint density at radius 3 is 2.15 bits per heavy atom. The van der Waals surface area contributed by atoms with Gasteiger partial charge in [-0.05, 0) is 62.4 Å². The molecule has 40 heavy (non-hydrogen) atoms. The van der Waals surface area contributed by atoms with E-state index in [1.165, 1.54) is 4.90 Å². The van der Waals surface area contributed by atoms with Crippen LogP contribution in [-0.4, -0.2) is 41.5 Å². The number of hydrogen-bond acceptors (Lipinski definition) is 4. The monoisotopic (exact) mass is 563 g/mol. The van der Waals surface area contributed by atoms with Crippen molar-refractivity contribution in [3.05, 3.63) is 100 Å². The van der Waals surface area contributed by atoms with Gasteiger partial charge in [-0.3, -0.25) is 9.59 Å². The number of amides is 3. The molecule has 3 aromatic rings. The molecule has 0 aliphatic heterocycles. The molecule has 2 atom stereocenters. The van der Waals surface area contributed by atoms with Crippen molar-refractivity contribution in [3.8, 4) is 0 Å². The molecule has 0 aliphatic carbocycles. The van der Waals surface area contributed by atoms with Gasteiger partial charge in [-0.15, -0.1) is 0 Å². The maximum atomic E-state index is 14.0. The molecule has 0 fully saturated rings. The Kier molecular flexibility index (Phi) is 10.3. The fourth-order valence-corrected chi connectivity index (χ4v) is 4.61. The normalized spacial score (nSPS) is 12.7. The Morgan fingerprint density at radius 2 is 1.57 bits per heavy atom. The van der Waals surface area contributed by atoms with E-state index in [0.29, 0.717) is 16.3 Å². The summed E-state index contributed by atoms with van der Waals surface area (Å²) in [6.07, 6.45) is 0.342. The van der Waals surface area contributed by atoms with Crippen molar-refractivity contribution in [1.29, 1.82) is 0 Å². The maximum Gasteiger partial charge on any atom is 0.408 e. The highest BCUT2D eigenvalue weighted by Gasteiger charge is 2.34. The van der Waals surface area contributed by atoms with Crippen LogP contribution in [0.25, 0.3) is 0 Å². The minimum Gasteiger partial charge on any atom is -0.444 e. The van der Waals surface area contributed by atoms with Gasteiger partial charge in [-0.2, -0.15) is 0 Å². The third-order valence-electron chi connectivity index (χ3n) is 6.43. The van der Waals surface area contributed by atoms with Crippen LogP contribution in [-0.2, 0) is 27.2 Å². The molecular formula is C32H38ClN3O4. The molecular weight excluding hydrogens is 526 g/mol. The lowest BCUT2D eigenvalue weighted by molar-refractivity contribution is -0.139. The van der Waals surface area contributed by atoms with Crippen molar-refractivity contribution in [2.75, 3.05) is 12.4 Å².